The summed E-state index contributed by atoms with van der Waals surface area (Å²) in [6, 6.07) is 6.33. The Bertz CT molecular complexity index is 846. The van der Waals surface area contributed by atoms with E-state index in [0.29, 0.717) is 11.4 Å². The highest BCUT2D eigenvalue weighted by Gasteiger charge is 2.54. The van der Waals surface area contributed by atoms with E-state index >= 15 is 0 Å². The standard InChI is InChI=1S/C20H23N3O4S/c21-13-7-5-11(6-8-13)9-15(24)22-16-18(25)23-17(20(26)27)14(10-28-19(16)23)12-3-1-2-4-12/h5-8,12,16,19H,1-4,9-10,21H2,(H,22,24)(H,26,27)/t16?,19-/m1/s1. The van der Waals surface area contributed by atoms with Gasteiger partial charge in [-0.25, -0.2) is 4.79 Å². The molecule has 4 N–H and O–H groups in total. The summed E-state index contributed by atoms with van der Waals surface area (Å²) >= 11 is 1.54. The van der Waals surface area contributed by atoms with E-state index in [1.807, 2.05) is 0 Å². The van der Waals surface area contributed by atoms with Crippen molar-refractivity contribution in [3.05, 3.63) is 41.1 Å². The number of nitrogens with zero attached hydrogens (tertiary/aromatic N) is 1. The first-order valence-corrected chi connectivity index (χ1v) is 10.6. The fourth-order valence-electron chi connectivity index (χ4n) is 4.27. The van der Waals surface area contributed by atoms with Gasteiger partial charge in [0, 0.05) is 11.4 Å². The predicted molar refractivity (Wildman–Crippen MR) is 106 cm³/mol. The molecule has 4 rings (SSSR count). The highest BCUT2D eigenvalue weighted by Crippen LogP contribution is 2.45. The van der Waals surface area contributed by atoms with Crippen molar-refractivity contribution >= 4 is 35.2 Å². The van der Waals surface area contributed by atoms with Crippen molar-refractivity contribution in [1.29, 1.82) is 0 Å². The molecule has 0 aromatic heterocycles. The molecule has 1 aromatic rings. The zero-order chi connectivity index (χ0) is 19.8. The van der Waals surface area contributed by atoms with Gasteiger partial charge in [0.2, 0.25) is 5.91 Å². The van der Waals surface area contributed by atoms with Gasteiger partial charge in [0.05, 0.1) is 6.42 Å². The van der Waals surface area contributed by atoms with E-state index in [9.17, 15) is 19.5 Å². The van der Waals surface area contributed by atoms with Crippen LogP contribution in [0.25, 0.3) is 0 Å². The Morgan fingerprint density at radius 3 is 2.54 bits per heavy atom. The summed E-state index contributed by atoms with van der Waals surface area (Å²) in [6.45, 7) is 0. The Morgan fingerprint density at radius 2 is 1.89 bits per heavy atom. The Hall–Kier alpha value is -2.48. The smallest absolute Gasteiger partial charge is 0.352 e. The van der Waals surface area contributed by atoms with E-state index in [1.165, 1.54) is 4.90 Å². The van der Waals surface area contributed by atoms with Crippen molar-refractivity contribution in [1.82, 2.24) is 10.2 Å². The van der Waals surface area contributed by atoms with Crippen LogP contribution in [0.1, 0.15) is 31.2 Å². The van der Waals surface area contributed by atoms with Gasteiger partial charge >= 0.3 is 5.97 Å². The second-order valence-electron chi connectivity index (χ2n) is 7.53. The summed E-state index contributed by atoms with van der Waals surface area (Å²) in [5.41, 5.74) is 8.10. The van der Waals surface area contributed by atoms with Crippen LogP contribution in [0.15, 0.2) is 35.5 Å². The Balaban J connectivity index is 1.46. The van der Waals surface area contributed by atoms with Crippen LogP contribution in [-0.2, 0) is 20.8 Å². The van der Waals surface area contributed by atoms with Crippen LogP contribution in [0.5, 0.6) is 0 Å². The molecule has 148 valence electrons. The maximum atomic E-state index is 12.7. The Morgan fingerprint density at radius 1 is 1.21 bits per heavy atom. The Kier molecular flexibility index (Phi) is 5.05. The molecule has 2 heterocycles. The zero-order valence-electron chi connectivity index (χ0n) is 15.4. The lowest BCUT2D eigenvalue weighted by molar-refractivity contribution is -0.150. The quantitative estimate of drug-likeness (QED) is 0.512. The number of nitrogens with two attached hydrogens (primary N) is 1. The maximum absolute atomic E-state index is 12.7. The first kappa shape index (κ1) is 18.9. The lowest BCUT2D eigenvalue weighted by atomic mass is 9.93. The van der Waals surface area contributed by atoms with Gasteiger partial charge in [-0.3, -0.25) is 14.5 Å². The molecule has 2 fully saturated rings. The molecule has 1 saturated carbocycles. The lowest BCUT2D eigenvalue weighted by Crippen LogP contribution is -2.70. The van der Waals surface area contributed by atoms with Gasteiger partial charge in [-0.05, 0) is 42.0 Å². The molecule has 28 heavy (non-hydrogen) atoms. The monoisotopic (exact) mass is 401 g/mol. The SMILES string of the molecule is Nc1ccc(CC(=O)NC2C(=O)N3C(C(=O)O)=C(C4CCCC4)CS[C@H]23)cc1. The molecule has 7 nitrogen and oxygen atoms in total. The molecular weight excluding hydrogens is 378 g/mol. The fourth-order valence-corrected chi connectivity index (χ4v) is 5.73. The highest BCUT2D eigenvalue weighted by atomic mass is 32.2. The molecular formula is C20H23N3O4S. The van der Waals surface area contributed by atoms with Crippen molar-refractivity contribution < 1.29 is 19.5 Å². The number of amides is 2. The van der Waals surface area contributed by atoms with Crippen LogP contribution < -0.4 is 11.1 Å². The number of carboxylic acid groups (broad SMARTS) is 1. The van der Waals surface area contributed by atoms with Gasteiger partial charge in [-0.15, -0.1) is 11.8 Å². The summed E-state index contributed by atoms with van der Waals surface area (Å²) in [5, 5.41) is 12.2. The molecule has 0 spiro atoms. The van der Waals surface area contributed by atoms with Gasteiger partial charge in [0.1, 0.15) is 17.1 Å². The van der Waals surface area contributed by atoms with Crippen LogP contribution in [0.3, 0.4) is 0 Å². The number of carboxylic acids is 1. The molecule has 2 aliphatic heterocycles. The third-order valence-electron chi connectivity index (χ3n) is 5.71. The third-order valence-corrected chi connectivity index (χ3v) is 7.01. The minimum absolute atomic E-state index is 0.143. The molecule has 1 unspecified atom stereocenters. The summed E-state index contributed by atoms with van der Waals surface area (Å²) in [4.78, 5) is 38.3. The number of carbonyl (C=O) groups excluding carboxylic acids is 2. The maximum Gasteiger partial charge on any atom is 0.352 e. The molecule has 8 heteroatoms. The van der Waals surface area contributed by atoms with E-state index < -0.39 is 12.0 Å². The number of nitrogens with one attached hydrogen (secondary N) is 1. The number of anilines is 1. The molecule has 0 bridgehead atoms. The van der Waals surface area contributed by atoms with Crippen molar-refractivity contribution in [3.8, 4) is 0 Å². The van der Waals surface area contributed by atoms with E-state index in [-0.39, 0.29) is 35.2 Å². The number of hydrogen-bond acceptors (Lipinski definition) is 5. The van der Waals surface area contributed by atoms with Crippen molar-refractivity contribution in [2.45, 2.75) is 43.5 Å². The van der Waals surface area contributed by atoms with Gasteiger partial charge in [0.15, 0.2) is 0 Å². The number of nitrogen functional groups attached to an aromatic ring is 1. The number of fused-ring (bicyclic) bond motifs is 1. The van der Waals surface area contributed by atoms with Crippen LogP contribution in [0.4, 0.5) is 5.69 Å². The minimum Gasteiger partial charge on any atom is -0.477 e. The second kappa shape index (κ2) is 7.50. The molecule has 2 atom stereocenters. The lowest BCUT2D eigenvalue weighted by Gasteiger charge is -2.50. The molecule has 2 amide bonds. The molecule has 1 aliphatic carbocycles. The Labute approximate surface area is 167 Å². The summed E-state index contributed by atoms with van der Waals surface area (Å²) in [5.74, 6) is -0.786. The number of benzene rings is 1. The average molecular weight is 401 g/mol. The average Bonchev–Trinajstić information content (AvgIpc) is 3.21. The van der Waals surface area contributed by atoms with Gasteiger partial charge < -0.3 is 16.2 Å². The van der Waals surface area contributed by atoms with E-state index in [4.69, 9.17) is 5.73 Å². The van der Waals surface area contributed by atoms with Crippen LogP contribution in [0.2, 0.25) is 0 Å². The molecule has 1 aromatic carbocycles. The van der Waals surface area contributed by atoms with Gasteiger partial charge in [-0.1, -0.05) is 25.0 Å². The van der Waals surface area contributed by atoms with E-state index in [2.05, 4.69) is 5.32 Å². The predicted octanol–water partition coefficient (Wildman–Crippen LogP) is 1.74. The van der Waals surface area contributed by atoms with Crippen LogP contribution >= 0.6 is 11.8 Å². The van der Waals surface area contributed by atoms with E-state index in [1.54, 1.807) is 36.0 Å². The first-order chi connectivity index (χ1) is 13.5. The second-order valence-corrected chi connectivity index (χ2v) is 8.64. The number of β-lactam (4-membered cyclic amide) rings is 1. The molecule has 0 radical (unpaired) electrons. The number of carbonyl (C=O) groups is 3. The number of aliphatic carboxylic acids is 1. The van der Waals surface area contributed by atoms with Crippen molar-refractivity contribution in [2.75, 3.05) is 11.5 Å². The number of hydrogen-bond donors (Lipinski definition) is 3. The molecule has 1 saturated heterocycles. The van der Waals surface area contributed by atoms with Crippen LogP contribution in [-0.4, -0.2) is 45.0 Å². The highest BCUT2D eigenvalue weighted by molar-refractivity contribution is 8.00. The fraction of sp³-hybridized carbons (Fsp3) is 0.450. The summed E-state index contributed by atoms with van der Waals surface area (Å²) in [6.07, 6.45) is 4.33. The van der Waals surface area contributed by atoms with Crippen LogP contribution in [0, 0.1) is 5.92 Å². The number of thioether (sulfide) groups is 1. The van der Waals surface area contributed by atoms with Crippen molar-refractivity contribution in [2.24, 2.45) is 5.92 Å². The van der Waals surface area contributed by atoms with Crippen molar-refractivity contribution in [3.63, 3.8) is 0 Å². The zero-order valence-corrected chi connectivity index (χ0v) is 16.2. The topological polar surface area (TPSA) is 113 Å². The summed E-state index contributed by atoms with van der Waals surface area (Å²) < 4.78 is 0. The minimum atomic E-state index is -1.05. The largest absolute Gasteiger partial charge is 0.477 e. The third kappa shape index (κ3) is 3.37. The summed E-state index contributed by atoms with van der Waals surface area (Å²) in [7, 11) is 0. The number of rotatable bonds is 5. The van der Waals surface area contributed by atoms with E-state index in [0.717, 1.165) is 36.8 Å². The first-order valence-electron chi connectivity index (χ1n) is 9.50. The molecule has 3 aliphatic rings. The van der Waals surface area contributed by atoms with Gasteiger partial charge in [-0.2, -0.15) is 0 Å². The normalized spacial score (nSPS) is 24.7. The van der Waals surface area contributed by atoms with Gasteiger partial charge in [0.25, 0.3) is 5.91 Å².